The summed E-state index contributed by atoms with van der Waals surface area (Å²) in [4.78, 5) is 28.6. The topological polar surface area (TPSA) is 127 Å². The fraction of sp³-hybridized carbons (Fsp3) is 0.478. The monoisotopic (exact) mass is 467 g/mol. The van der Waals surface area contributed by atoms with Crippen molar-refractivity contribution >= 4 is 28.7 Å². The van der Waals surface area contributed by atoms with Crippen LogP contribution in [0.1, 0.15) is 19.7 Å². The number of urea groups is 1. The smallest absolute Gasteiger partial charge is 0.319 e. The van der Waals surface area contributed by atoms with E-state index < -0.39 is 5.60 Å². The van der Waals surface area contributed by atoms with Gasteiger partial charge in [0.05, 0.1) is 26.4 Å². The minimum Gasteiger partial charge on any atom is -0.378 e. The second kappa shape index (κ2) is 9.16. The molecule has 11 nitrogen and oxygen atoms in total. The number of aromatic nitrogens is 4. The van der Waals surface area contributed by atoms with Crippen LogP contribution in [0, 0.1) is 0 Å². The lowest BCUT2D eigenvalue weighted by Gasteiger charge is -2.35. The van der Waals surface area contributed by atoms with Gasteiger partial charge in [0.15, 0.2) is 28.4 Å². The van der Waals surface area contributed by atoms with E-state index in [1.165, 1.54) is 0 Å². The summed E-state index contributed by atoms with van der Waals surface area (Å²) in [7, 11) is 0. The Morgan fingerprint density at radius 3 is 2.44 bits per heavy atom. The van der Waals surface area contributed by atoms with E-state index in [0.717, 1.165) is 11.4 Å². The molecule has 11 heteroatoms. The number of amides is 2. The number of fused-ring (bicyclic) bond motifs is 1. The molecule has 2 aromatic heterocycles. The van der Waals surface area contributed by atoms with Gasteiger partial charge in [-0.1, -0.05) is 0 Å². The van der Waals surface area contributed by atoms with Crippen LogP contribution in [-0.4, -0.2) is 76.7 Å². The van der Waals surface area contributed by atoms with Gasteiger partial charge in [-0.2, -0.15) is 0 Å². The highest BCUT2D eigenvalue weighted by molar-refractivity contribution is 5.90. The molecule has 4 heterocycles. The number of hydrogen-bond acceptors (Lipinski definition) is 8. The zero-order chi connectivity index (χ0) is 23.7. The quantitative estimate of drug-likeness (QED) is 0.500. The maximum Gasteiger partial charge on any atom is 0.319 e. The van der Waals surface area contributed by atoms with Crippen molar-refractivity contribution in [1.82, 2.24) is 24.8 Å². The molecule has 3 N–H and O–H groups in total. The molecule has 2 aliphatic rings. The third-order valence-electron chi connectivity index (χ3n) is 6.04. The average Bonchev–Trinajstić information content (AvgIpc) is 3.22. The predicted octanol–water partition coefficient (Wildman–Crippen LogP) is 1.71. The molecule has 0 bridgehead atoms. The predicted molar refractivity (Wildman–Crippen MR) is 127 cm³/mol. The van der Waals surface area contributed by atoms with Crippen LogP contribution >= 0.6 is 0 Å². The number of nitrogens with one attached hydrogen (secondary N) is 2. The van der Waals surface area contributed by atoms with Gasteiger partial charge in [0, 0.05) is 37.4 Å². The van der Waals surface area contributed by atoms with Crippen LogP contribution in [0.15, 0.2) is 24.3 Å². The first-order valence-electron chi connectivity index (χ1n) is 11.6. The highest BCUT2D eigenvalue weighted by Gasteiger charge is 2.43. The van der Waals surface area contributed by atoms with Crippen LogP contribution in [0.2, 0.25) is 0 Å². The van der Waals surface area contributed by atoms with Gasteiger partial charge < -0.3 is 34.7 Å². The third-order valence-corrected chi connectivity index (χ3v) is 6.04. The highest BCUT2D eigenvalue weighted by Crippen LogP contribution is 2.35. The number of aryl methyl sites for hydroxylation is 1. The van der Waals surface area contributed by atoms with Crippen LogP contribution in [0.5, 0.6) is 0 Å². The number of imidazole rings is 1. The van der Waals surface area contributed by atoms with Crippen molar-refractivity contribution in [2.45, 2.75) is 26.0 Å². The van der Waals surface area contributed by atoms with Gasteiger partial charge in [-0.15, -0.1) is 0 Å². The first kappa shape index (κ1) is 22.5. The highest BCUT2D eigenvalue weighted by atomic mass is 16.5. The Labute approximate surface area is 197 Å². The van der Waals surface area contributed by atoms with E-state index in [2.05, 4.69) is 15.5 Å². The first-order valence-corrected chi connectivity index (χ1v) is 11.6. The molecule has 2 amide bonds. The minimum atomic E-state index is -1.12. The summed E-state index contributed by atoms with van der Waals surface area (Å²) in [5.74, 6) is 1.83. The van der Waals surface area contributed by atoms with Crippen LogP contribution in [0.3, 0.4) is 0 Å². The number of aliphatic hydroxyl groups is 1. The van der Waals surface area contributed by atoms with Crippen molar-refractivity contribution in [1.29, 1.82) is 0 Å². The van der Waals surface area contributed by atoms with E-state index in [-0.39, 0.29) is 19.2 Å². The SMILES string of the molecule is CCNC(=O)Nc1ccc(-c2nc(N3CCOCC3)c3nc(C4(O)COC4)n(CC)c3n2)cc1. The van der Waals surface area contributed by atoms with Crippen molar-refractivity contribution in [3.63, 3.8) is 0 Å². The molecule has 0 aliphatic carbocycles. The summed E-state index contributed by atoms with van der Waals surface area (Å²) in [5.41, 5.74) is 1.71. The Morgan fingerprint density at radius 2 is 1.82 bits per heavy atom. The lowest BCUT2D eigenvalue weighted by atomic mass is 10.0. The summed E-state index contributed by atoms with van der Waals surface area (Å²) in [6, 6.07) is 7.16. The molecule has 0 spiro atoms. The van der Waals surface area contributed by atoms with Crippen LogP contribution in [-0.2, 0) is 21.6 Å². The third kappa shape index (κ3) is 4.06. The van der Waals surface area contributed by atoms with Gasteiger partial charge in [0.1, 0.15) is 5.82 Å². The summed E-state index contributed by atoms with van der Waals surface area (Å²) < 4.78 is 12.8. The van der Waals surface area contributed by atoms with Crippen molar-refractivity contribution in [3.05, 3.63) is 30.1 Å². The van der Waals surface area contributed by atoms with Gasteiger partial charge in [-0.05, 0) is 38.1 Å². The van der Waals surface area contributed by atoms with Crippen molar-refractivity contribution < 1.29 is 19.4 Å². The molecule has 3 aromatic rings. The number of hydrogen-bond donors (Lipinski definition) is 3. The molecule has 2 fully saturated rings. The molecule has 1 aromatic carbocycles. The molecular formula is C23H29N7O4. The number of morpholine rings is 1. The minimum absolute atomic E-state index is 0.212. The summed E-state index contributed by atoms with van der Waals surface area (Å²) in [5, 5.41) is 16.5. The molecule has 2 aliphatic heterocycles. The van der Waals surface area contributed by atoms with Crippen LogP contribution < -0.4 is 15.5 Å². The number of nitrogens with zero attached hydrogens (tertiary/aromatic N) is 5. The molecule has 0 atom stereocenters. The maximum absolute atomic E-state index is 11.8. The summed E-state index contributed by atoms with van der Waals surface area (Å²) >= 11 is 0. The van der Waals surface area contributed by atoms with E-state index in [9.17, 15) is 9.90 Å². The number of carbonyl (C=O) groups excluding carboxylic acids is 1. The lowest BCUT2D eigenvalue weighted by Crippen LogP contribution is -2.48. The van der Waals surface area contributed by atoms with Gasteiger partial charge in [-0.25, -0.2) is 19.7 Å². The maximum atomic E-state index is 11.8. The van der Waals surface area contributed by atoms with E-state index >= 15 is 0 Å². The number of ether oxygens (including phenoxy) is 2. The molecule has 34 heavy (non-hydrogen) atoms. The Morgan fingerprint density at radius 1 is 1.09 bits per heavy atom. The van der Waals surface area contributed by atoms with Gasteiger partial charge in [-0.3, -0.25) is 0 Å². The van der Waals surface area contributed by atoms with Gasteiger partial charge in [0.2, 0.25) is 0 Å². The van der Waals surface area contributed by atoms with Crippen molar-refractivity contribution in [2.75, 3.05) is 56.3 Å². The second-order valence-corrected chi connectivity index (χ2v) is 8.41. The second-order valence-electron chi connectivity index (χ2n) is 8.41. The summed E-state index contributed by atoms with van der Waals surface area (Å²) in [6.45, 7) is 8.06. The average molecular weight is 468 g/mol. The number of rotatable bonds is 6. The van der Waals surface area contributed by atoms with E-state index in [1.807, 2.05) is 42.7 Å². The van der Waals surface area contributed by atoms with Crippen LogP contribution in [0.25, 0.3) is 22.6 Å². The Hall–Kier alpha value is -3.28. The number of benzene rings is 1. The molecule has 180 valence electrons. The molecule has 0 unspecified atom stereocenters. The van der Waals surface area contributed by atoms with Crippen molar-refractivity contribution in [2.24, 2.45) is 0 Å². The first-order chi connectivity index (χ1) is 16.5. The molecule has 0 saturated carbocycles. The zero-order valence-electron chi connectivity index (χ0n) is 19.4. The van der Waals surface area contributed by atoms with Crippen LogP contribution in [0.4, 0.5) is 16.3 Å². The summed E-state index contributed by atoms with van der Waals surface area (Å²) in [6.07, 6.45) is 0. The molecule has 2 saturated heterocycles. The fourth-order valence-corrected chi connectivity index (χ4v) is 4.23. The van der Waals surface area contributed by atoms with Crippen molar-refractivity contribution in [3.8, 4) is 11.4 Å². The molecule has 5 rings (SSSR count). The van der Waals surface area contributed by atoms with Gasteiger partial charge >= 0.3 is 6.03 Å². The Kier molecular flexibility index (Phi) is 6.07. The standard InChI is InChI=1S/C23H29N7O4/c1-3-24-22(31)25-16-7-5-15(6-8-16)18-27-19(29-9-11-33-12-10-29)17-20(28-18)30(4-2)21(26-17)23(32)13-34-14-23/h5-8,32H,3-4,9-14H2,1-2H3,(H2,24,25,31). The fourth-order valence-electron chi connectivity index (χ4n) is 4.23. The Bertz CT molecular complexity index is 1180. The lowest BCUT2D eigenvalue weighted by molar-refractivity contribution is -0.190. The zero-order valence-corrected chi connectivity index (χ0v) is 19.4. The Balaban J connectivity index is 1.59. The van der Waals surface area contributed by atoms with E-state index in [0.29, 0.717) is 67.9 Å². The van der Waals surface area contributed by atoms with E-state index in [1.54, 1.807) is 0 Å². The molecule has 0 radical (unpaired) electrons. The van der Waals surface area contributed by atoms with E-state index in [4.69, 9.17) is 24.4 Å². The number of anilines is 2. The largest absolute Gasteiger partial charge is 0.378 e. The number of carbonyl (C=O) groups is 1. The molecular weight excluding hydrogens is 438 g/mol. The van der Waals surface area contributed by atoms with Gasteiger partial charge in [0.25, 0.3) is 0 Å². The normalized spacial score (nSPS) is 17.4.